The maximum atomic E-state index is 13.4. The minimum Gasteiger partial charge on any atom is -0.370 e. The van der Waals surface area contributed by atoms with Gasteiger partial charge in [0.25, 0.3) is 0 Å². The Balaban J connectivity index is 2.04. The van der Waals surface area contributed by atoms with Crippen LogP contribution in [-0.4, -0.2) is 41.2 Å². The molecule has 0 atom stereocenters. The van der Waals surface area contributed by atoms with Crippen molar-refractivity contribution in [3.8, 4) is 0 Å². The number of hydrogen-bond donors (Lipinski definition) is 1. The molecule has 0 radical (unpaired) electrons. The van der Waals surface area contributed by atoms with E-state index in [1.54, 1.807) is 11.0 Å². The Bertz CT molecular complexity index is 752. The highest BCUT2D eigenvalue weighted by molar-refractivity contribution is 5.79. The molecular formula is C21H26FN3O2. The van der Waals surface area contributed by atoms with Crippen molar-refractivity contribution >= 4 is 11.8 Å². The smallest absolute Gasteiger partial charge is 0.237 e. The van der Waals surface area contributed by atoms with Gasteiger partial charge in [-0.1, -0.05) is 49.4 Å². The highest BCUT2D eigenvalue weighted by Gasteiger charge is 2.18. The van der Waals surface area contributed by atoms with Gasteiger partial charge in [-0.3, -0.25) is 14.5 Å². The molecule has 2 aromatic carbocycles. The van der Waals surface area contributed by atoms with Crippen molar-refractivity contribution in [1.29, 1.82) is 0 Å². The second kappa shape index (κ2) is 10.4. The van der Waals surface area contributed by atoms with Crippen LogP contribution in [0.25, 0.3) is 0 Å². The standard InChI is InChI=1S/C21H26FN3O2/c1-2-24(14-18-9-6-10-19(22)13-18)16-21(27)25(12-11-20(23)26)15-17-7-4-3-5-8-17/h3-10,13H,2,11-12,14-16H2,1H3,(H2,23,26). The normalized spacial score (nSPS) is 10.8. The van der Waals surface area contributed by atoms with Crippen LogP contribution in [-0.2, 0) is 22.7 Å². The van der Waals surface area contributed by atoms with Crippen LogP contribution in [0.2, 0.25) is 0 Å². The van der Waals surface area contributed by atoms with Crippen LogP contribution in [0.5, 0.6) is 0 Å². The number of carbonyl (C=O) groups is 2. The van der Waals surface area contributed by atoms with Crippen LogP contribution < -0.4 is 5.73 Å². The maximum Gasteiger partial charge on any atom is 0.237 e. The lowest BCUT2D eigenvalue weighted by Crippen LogP contribution is -2.41. The molecule has 0 unspecified atom stereocenters. The summed E-state index contributed by atoms with van der Waals surface area (Å²) in [6, 6.07) is 16.0. The number of nitrogens with two attached hydrogens (primary N) is 1. The Morgan fingerprint density at radius 1 is 1.00 bits per heavy atom. The Kier molecular flexibility index (Phi) is 7.95. The summed E-state index contributed by atoms with van der Waals surface area (Å²) >= 11 is 0. The van der Waals surface area contributed by atoms with Gasteiger partial charge in [-0.25, -0.2) is 4.39 Å². The number of hydrogen-bond acceptors (Lipinski definition) is 3. The summed E-state index contributed by atoms with van der Waals surface area (Å²) in [5.74, 6) is -0.812. The molecule has 0 heterocycles. The van der Waals surface area contributed by atoms with Crippen molar-refractivity contribution in [1.82, 2.24) is 9.80 Å². The minimum absolute atomic E-state index is 0.0849. The van der Waals surface area contributed by atoms with E-state index in [9.17, 15) is 14.0 Å². The van der Waals surface area contributed by atoms with E-state index in [2.05, 4.69) is 0 Å². The minimum atomic E-state index is -0.437. The molecule has 27 heavy (non-hydrogen) atoms. The first-order chi connectivity index (χ1) is 13.0. The summed E-state index contributed by atoms with van der Waals surface area (Å²) in [5, 5.41) is 0. The lowest BCUT2D eigenvalue weighted by atomic mass is 10.2. The van der Waals surface area contributed by atoms with E-state index in [4.69, 9.17) is 5.73 Å². The highest BCUT2D eigenvalue weighted by atomic mass is 19.1. The van der Waals surface area contributed by atoms with Crippen molar-refractivity contribution in [3.63, 3.8) is 0 Å². The average Bonchev–Trinajstić information content (AvgIpc) is 2.65. The monoisotopic (exact) mass is 371 g/mol. The first kappa shape index (κ1) is 20.6. The number of nitrogens with zero attached hydrogens (tertiary/aromatic N) is 2. The fourth-order valence-corrected chi connectivity index (χ4v) is 2.81. The van der Waals surface area contributed by atoms with E-state index < -0.39 is 5.91 Å². The zero-order valence-corrected chi connectivity index (χ0v) is 15.6. The number of likely N-dealkylation sites (N-methyl/N-ethyl adjacent to an activating group) is 1. The molecule has 2 rings (SSSR count). The summed E-state index contributed by atoms with van der Waals surface area (Å²) in [5.41, 5.74) is 7.06. The van der Waals surface area contributed by atoms with Gasteiger partial charge in [-0.05, 0) is 29.8 Å². The lowest BCUT2D eigenvalue weighted by Gasteiger charge is -2.27. The number of benzene rings is 2. The molecule has 5 nitrogen and oxygen atoms in total. The SMILES string of the molecule is CCN(CC(=O)N(CCC(N)=O)Cc1ccccc1)Cc1cccc(F)c1. The Morgan fingerprint density at radius 2 is 1.70 bits per heavy atom. The van der Waals surface area contributed by atoms with E-state index in [0.29, 0.717) is 19.6 Å². The molecule has 0 fully saturated rings. The van der Waals surface area contributed by atoms with Crippen LogP contribution in [0.1, 0.15) is 24.5 Å². The predicted octanol–water partition coefficient (Wildman–Crippen LogP) is 2.55. The van der Waals surface area contributed by atoms with Crippen LogP contribution in [0, 0.1) is 5.82 Å². The fourth-order valence-electron chi connectivity index (χ4n) is 2.81. The van der Waals surface area contributed by atoms with Gasteiger partial charge in [0.05, 0.1) is 6.54 Å². The maximum absolute atomic E-state index is 13.4. The van der Waals surface area contributed by atoms with Gasteiger partial charge in [0.1, 0.15) is 5.82 Å². The van der Waals surface area contributed by atoms with Gasteiger partial charge in [-0.2, -0.15) is 0 Å². The average molecular weight is 371 g/mol. The molecule has 0 aliphatic rings. The van der Waals surface area contributed by atoms with Crippen LogP contribution >= 0.6 is 0 Å². The zero-order chi connectivity index (χ0) is 19.6. The van der Waals surface area contributed by atoms with E-state index in [1.807, 2.05) is 48.2 Å². The molecule has 0 aromatic heterocycles. The Hall–Kier alpha value is -2.73. The van der Waals surface area contributed by atoms with Crippen LogP contribution in [0.4, 0.5) is 4.39 Å². The molecule has 6 heteroatoms. The molecule has 0 saturated heterocycles. The van der Waals surface area contributed by atoms with Gasteiger partial charge >= 0.3 is 0 Å². The Morgan fingerprint density at radius 3 is 2.33 bits per heavy atom. The van der Waals surface area contributed by atoms with Gasteiger partial charge in [0.15, 0.2) is 0 Å². The molecule has 0 saturated carbocycles. The summed E-state index contributed by atoms with van der Waals surface area (Å²) in [6.07, 6.45) is 0.120. The van der Waals surface area contributed by atoms with Crippen molar-refractivity contribution in [2.45, 2.75) is 26.4 Å². The second-order valence-corrected chi connectivity index (χ2v) is 6.45. The summed E-state index contributed by atoms with van der Waals surface area (Å²) in [7, 11) is 0. The third kappa shape index (κ3) is 7.19. The van der Waals surface area contributed by atoms with Crippen molar-refractivity contribution in [3.05, 3.63) is 71.5 Å². The first-order valence-electron chi connectivity index (χ1n) is 9.04. The molecule has 2 aromatic rings. The highest BCUT2D eigenvalue weighted by Crippen LogP contribution is 2.10. The largest absolute Gasteiger partial charge is 0.370 e. The van der Waals surface area contributed by atoms with Crippen LogP contribution in [0.15, 0.2) is 54.6 Å². The number of rotatable bonds is 10. The van der Waals surface area contributed by atoms with Gasteiger partial charge in [-0.15, -0.1) is 0 Å². The van der Waals surface area contributed by atoms with E-state index >= 15 is 0 Å². The number of amides is 2. The lowest BCUT2D eigenvalue weighted by molar-refractivity contribution is -0.133. The third-order valence-electron chi connectivity index (χ3n) is 4.30. The molecule has 0 aliphatic heterocycles. The van der Waals surface area contributed by atoms with E-state index in [-0.39, 0.29) is 31.2 Å². The van der Waals surface area contributed by atoms with Crippen LogP contribution in [0.3, 0.4) is 0 Å². The summed E-state index contributed by atoms with van der Waals surface area (Å²) in [6.45, 7) is 3.98. The molecule has 2 N–H and O–H groups in total. The predicted molar refractivity (Wildman–Crippen MR) is 103 cm³/mol. The summed E-state index contributed by atoms with van der Waals surface area (Å²) in [4.78, 5) is 27.6. The number of primary amides is 1. The van der Waals surface area contributed by atoms with Gasteiger partial charge < -0.3 is 10.6 Å². The topological polar surface area (TPSA) is 66.6 Å². The number of carbonyl (C=O) groups excluding carboxylic acids is 2. The fraction of sp³-hybridized carbons (Fsp3) is 0.333. The molecule has 2 amide bonds. The second-order valence-electron chi connectivity index (χ2n) is 6.45. The Labute approximate surface area is 159 Å². The third-order valence-corrected chi connectivity index (χ3v) is 4.30. The van der Waals surface area contributed by atoms with E-state index in [1.165, 1.54) is 12.1 Å². The molecule has 0 bridgehead atoms. The van der Waals surface area contributed by atoms with Gasteiger partial charge in [0, 0.05) is 26.1 Å². The molecule has 0 spiro atoms. The quantitative estimate of drug-likeness (QED) is 0.698. The molecule has 0 aliphatic carbocycles. The van der Waals surface area contributed by atoms with E-state index in [0.717, 1.165) is 11.1 Å². The van der Waals surface area contributed by atoms with Crippen molar-refractivity contribution < 1.29 is 14.0 Å². The number of halogens is 1. The molecule has 144 valence electrons. The summed E-state index contributed by atoms with van der Waals surface area (Å²) < 4.78 is 13.4. The zero-order valence-electron chi connectivity index (χ0n) is 15.6. The van der Waals surface area contributed by atoms with Crippen molar-refractivity contribution in [2.24, 2.45) is 5.73 Å². The van der Waals surface area contributed by atoms with Crippen molar-refractivity contribution in [2.75, 3.05) is 19.6 Å². The molecular weight excluding hydrogens is 345 g/mol. The van der Waals surface area contributed by atoms with Gasteiger partial charge in [0.2, 0.25) is 11.8 Å². The first-order valence-corrected chi connectivity index (χ1v) is 9.04.